The van der Waals surface area contributed by atoms with Crippen LogP contribution >= 0.6 is 0 Å². The molecular formula is C19H28N4O3S. The predicted molar refractivity (Wildman–Crippen MR) is 105 cm³/mol. The van der Waals surface area contributed by atoms with Crippen molar-refractivity contribution in [2.45, 2.75) is 51.6 Å². The lowest BCUT2D eigenvalue weighted by Gasteiger charge is -2.15. The van der Waals surface area contributed by atoms with Gasteiger partial charge < -0.3 is 5.32 Å². The van der Waals surface area contributed by atoms with Crippen molar-refractivity contribution in [2.75, 3.05) is 14.1 Å². The van der Waals surface area contributed by atoms with Crippen LogP contribution in [0.25, 0.3) is 0 Å². The van der Waals surface area contributed by atoms with Gasteiger partial charge in [0.15, 0.2) is 0 Å². The van der Waals surface area contributed by atoms with Crippen LogP contribution in [-0.4, -0.2) is 42.5 Å². The van der Waals surface area contributed by atoms with E-state index in [0.29, 0.717) is 11.4 Å². The van der Waals surface area contributed by atoms with Crippen LogP contribution in [0.4, 0.5) is 0 Å². The largest absolute Gasteiger partial charge is 0.348 e. The van der Waals surface area contributed by atoms with E-state index in [-0.39, 0.29) is 23.4 Å². The van der Waals surface area contributed by atoms with Gasteiger partial charge in [0.25, 0.3) is 0 Å². The quantitative estimate of drug-likeness (QED) is 0.783. The molecule has 7 nitrogen and oxygen atoms in total. The fourth-order valence-electron chi connectivity index (χ4n) is 2.94. The first-order valence-corrected chi connectivity index (χ1v) is 10.4. The molecule has 0 unspecified atom stereocenters. The summed E-state index contributed by atoms with van der Waals surface area (Å²) in [5.41, 5.74) is 3.10. The molecule has 0 saturated heterocycles. The van der Waals surface area contributed by atoms with Crippen molar-refractivity contribution in [1.82, 2.24) is 19.4 Å². The molecule has 0 bridgehead atoms. The SMILES string of the molecule is CCc1ccc([C@@H](C)NC(=O)Cn2nc(C)c(S(=O)(=O)N(C)C)c2C)cc1. The Hall–Kier alpha value is -2.19. The van der Waals surface area contributed by atoms with Crippen LogP contribution in [0.2, 0.25) is 0 Å². The minimum atomic E-state index is -3.61. The van der Waals surface area contributed by atoms with Gasteiger partial charge in [-0.2, -0.15) is 5.10 Å². The average Bonchev–Trinajstić information content (AvgIpc) is 2.88. The summed E-state index contributed by atoms with van der Waals surface area (Å²) in [6.07, 6.45) is 0.969. The van der Waals surface area contributed by atoms with E-state index in [1.807, 2.05) is 19.1 Å². The molecule has 1 heterocycles. The molecular weight excluding hydrogens is 364 g/mol. The van der Waals surface area contributed by atoms with Crippen molar-refractivity contribution >= 4 is 15.9 Å². The zero-order chi connectivity index (χ0) is 20.4. The van der Waals surface area contributed by atoms with Crippen LogP contribution in [0.5, 0.6) is 0 Å². The highest BCUT2D eigenvalue weighted by Crippen LogP contribution is 2.22. The van der Waals surface area contributed by atoms with Gasteiger partial charge in [0.2, 0.25) is 15.9 Å². The standard InChI is InChI=1S/C19H28N4O3S/c1-7-16-8-10-17(11-9-16)13(2)20-18(24)12-23-15(4)19(14(3)21-23)27(25,26)22(5)6/h8-11,13H,7,12H2,1-6H3,(H,20,24)/t13-/m1/s1. The summed E-state index contributed by atoms with van der Waals surface area (Å²) in [6, 6.07) is 7.98. The number of aromatic nitrogens is 2. The van der Waals surface area contributed by atoms with Gasteiger partial charge in [0, 0.05) is 14.1 Å². The molecule has 1 aromatic carbocycles. The monoisotopic (exact) mass is 392 g/mol. The smallest absolute Gasteiger partial charge is 0.246 e. The third-order valence-corrected chi connectivity index (χ3v) is 6.68. The van der Waals surface area contributed by atoms with E-state index in [9.17, 15) is 13.2 Å². The molecule has 0 radical (unpaired) electrons. The molecule has 8 heteroatoms. The highest BCUT2D eigenvalue weighted by atomic mass is 32.2. The number of carbonyl (C=O) groups is 1. The summed E-state index contributed by atoms with van der Waals surface area (Å²) in [5.74, 6) is -0.221. The summed E-state index contributed by atoms with van der Waals surface area (Å²) >= 11 is 0. The summed E-state index contributed by atoms with van der Waals surface area (Å²) < 4.78 is 27.5. The second kappa shape index (κ2) is 8.22. The summed E-state index contributed by atoms with van der Waals surface area (Å²) in [7, 11) is -0.656. The van der Waals surface area contributed by atoms with Gasteiger partial charge in [-0.1, -0.05) is 31.2 Å². The molecule has 0 aliphatic heterocycles. The van der Waals surface area contributed by atoms with Crippen molar-refractivity contribution in [2.24, 2.45) is 0 Å². The molecule has 1 aromatic heterocycles. The first kappa shape index (κ1) is 21.1. The van der Waals surface area contributed by atoms with Crippen molar-refractivity contribution < 1.29 is 13.2 Å². The Morgan fingerprint density at radius 1 is 1.22 bits per heavy atom. The highest BCUT2D eigenvalue weighted by Gasteiger charge is 2.27. The van der Waals surface area contributed by atoms with Gasteiger partial charge in [-0.25, -0.2) is 12.7 Å². The Labute approximate surface area is 161 Å². The van der Waals surface area contributed by atoms with E-state index in [1.54, 1.807) is 13.8 Å². The Kier molecular flexibility index (Phi) is 6.43. The van der Waals surface area contributed by atoms with E-state index >= 15 is 0 Å². The number of nitrogens with one attached hydrogen (secondary N) is 1. The molecule has 2 aromatic rings. The van der Waals surface area contributed by atoms with Crippen LogP contribution in [0.3, 0.4) is 0 Å². The maximum atomic E-state index is 12.5. The number of hydrogen-bond donors (Lipinski definition) is 1. The van der Waals surface area contributed by atoms with E-state index in [1.165, 1.54) is 24.3 Å². The topological polar surface area (TPSA) is 84.3 Å². The fraction of sp³-hybridized carbons (Fsp3) is 0.474. The number of sulfonamides is 1. The fourth-order valence-corrected chi connectivity index (χ4v) is 4.20. The molecule has 2 rings (SSSR count). The van der Waals surface area contributed by atoms with Crippen LogP contribution in [0.1, 0.15) is 42.4 Å². The van der Waals surface area contributed by atoms with Crippen molar-refractivity contribution in [1.29, 1.82) is 0 Å². The Bertz CT molecular complexity index is 915. The van der Waals surface area contributed by atoms with Crippen LogP contribution < -0.4 is 5.32 Å². The summed E-state index contributed by atoms with van der Waals surface area (Å²) in [5, 5.41) is 7.19. The number of hydrogen-bond acceptors (Lipinski definition) is 4. The third kappa shape index (κ3) is 4.56. The Balaban J connectivity index is 2.14. The van der Waals surface area contributed by atoms with E-state index < -0.39 is 10.0 Å². The van der Waals surface area contributed by atoms with Crippen LogP contribution in [0.15, 0.2) is 29.2 Å². The minimum absolute atomic E-state index is 0.0347. The van der Waals surface area contributed by atoms with Crippen molar-refractivity contribution in [3.63, 3.8) is 0 Å². The Morgan fingerprint density at radius 3 is 2.33 bits per heavy atom. The molecule has 1 atom stereocenters. The second-order valence-corrected chi connectivity index (χ2v) is 8.92. The lowest BCUT2D eigenvalue weighted by atomic mass is 10.1. The van der Waals surface area contributed by atoms with Gasteiger partial charge >= 0.3 is 0 Å². The minimum Gasteiger partial charge on any atom is -0.348 e. The normalized spacial score (nSPS) is 13.0. The molecule has 0 aliphatic carbocycles. The number of amides is 1. The molecule has 27 heavy (non-hydrogen) atoms. The van der Waals surface area contributed by atoms with E-state index in [2.05, 4.69) is 29.5 Å². The number of carbonyl (C=O) groups excluding carboxylic acids is 1. The summed E-state index contributed by atoms with van der Waals surface area (Å²) in [4.78, 5) is 12.6. The van der Waals surface area contributed by atoms with Gasteiger partial charge in [0.1, 0.15) is 11.4 Å². The predicted octanol–water partition coefficient (Wildman–Crippen LogP) is 2.19. The second-order valence-electron chi connectivity index (χ2n) is 6.83. The van der Waals surface area contributed by atoms with Crippen molar-refractivity contribution in [3.8, 4) is 0 Å². The lowest BCUT2D eigenvalue weighted by molar-refractivity contribution is -0.122. The average molecular weight is 393 g/mol. The molecule has 0 saturated carbocycles. The number of aryl methyl sites for hydroxylation is 2. The number of nitrogens with zero attached hydrogens (tertiary/aromatic N) is 3. The zero-order valence-corrected chi connectivity index (χ0v) is 17.6. The molecule has 148 valence electrons. The lowest BCUT2D eigenvalue weighted by Crippen LogP contribution is -2.31. The number of rotatable bonds is 7. The van der Waals surface area contributed by atoms with Crippen LogP contribution in [-0.2, 0) is 27.8 Å². The molecule has 0 fully saturated rings. The maximum absolute atomic E-state index is 12.5. The molecule has 1 amide bonds. The van der Waals surface area contributed by atoms with E-state index in [4.69, 9.17) is 0 Å². The highest BCUT2D eigenvalue weighted by molar-refractivity contribution is 7.89. The van der Waals surface area contributed by atoms with Gasteiger partial charge in [-0.3, -0.25) is 9.48 Å². The van der Waals surface area contributed by atoms with Gasteiger partial charge in [0.05, 0.1) is 17.4 Å². The maximum Gasteiger partial charge on any atom is 0.246 e. The van der Waals surface area contributed by atoms with Gasteiger partial charge in [-0.15, -0.1) is 0 Å². The van der Waals surface area contributed by atoms with E-state index in [0.717, 1.165) is 16.3 Å². The Morgan fingerprint density at radius 2 is 1.81 bits per heavy atom. The summed E-state index contributed by atoms with van der Waals surface area (Å²) in [6.45, 7) is 7.28. The first-order chi connectivity index (χ1) is 12.6. The molecule has 0 aliphatic rings. The number of benzene rings is 1. The molecule has 1 N–H and O–H groups in total. The third-order valence-electron chi connectivity index (χ3n) is 4.61. The van der Waals surface area contributed by atoms with Crippen molar-refractivity contribution in [3.05, 3.63) is 46.8 Å². The first-order valence-electron chi connectivity index (χ1n) is 8.92. The zero-order valence-electron chi connectivity index (χ0n) is 16.8. The molecule has 0 spiro atoms. The van der Waals surface area contributed by atoms with Crippen LogP contribution in [0, 0.1) is 13.8 Å². The van der Waals surface area contributed by atoms with Gasteiger partial charge in [-0.05, 0) is 38.3 Å².